The van der Waals surface area contributed by atoms with E-state index < -0.39 is 0 Å². The minimum Gasteiger partial charge on any atom is -0.295 e. The van der Waals surface area contributed by atoms with Crippen molar-refractivity contribution in [1.82, 2.24) is 15.0 Å². The lowest BCUT2D eigenvalue weighted by Gasteiger charge is -2.04. The first-order chi connectivity index (χ1) is 8.80. The van der Waals surface area contributed by atoms with Gasteiger partial charge in [0, 0.05) is 0 Å². The zero-order chi connectivity index (χ0) is 13.2. The van der Waals surface area contributed by atoms with E-state index in [0.29, 0.717) is 0 Å². The highest BCUT2D eigenvalue weighted by Crippen LogP contribution is 2.15. The molecule has 0 N–H and O–H groups in total. The van der Waals surface area contributed by atoms with Crippen LogP contribution in [0.1, 0.15) is 0 Å². The van der Waals surface area contributed by atoms with Crippen LogP contribution >= 0.6 is 0 Å². The third kappa shape index (κ3) is 4.26. The summed E-state index contributed by atoms with van der Waals surface area (Å²) in [5, 5.41) is 0. The standard InChI is InChI=1S/C9H9N3O6/c1-4-13-16-7-10-8(17-14-5-2)12-9(11-7)18-15-6-3/h4-6H,1-3H2. The summed E-state index contributed by atoms with van der Waals surface area (Å²) in [7, 11) is 0. The van der Waals surface area contributed by atoms with Crippen molar-refractivity contribution >= 4 is 0 Å². The lowest BCUT2D eigenvalue weighted by atomic mass is 10.9. The first-order valence-electron chi connectivity index (χ1n) is 4.39. The minimum absolute atomic E-state index is 0.268. The van der Waals surface area contributed by atoms with E-state index in [-0.39, 0.29) is 18.0 Å². The van der Waals surface area contributed by atoms with Crippen LogP contribution in [0.5, 0.6) is 18.0 Å². The fourth-order valence-corrected chi connectivity index (χ4v) is 0.663. The number of nitrogens with zero attached hydrogens (tertiary/aromatic N) is 3. The third-order valence-electron chi connectivity index (χ3n) is 1.15. The predicted molar refractivity (Wildman–Crippen MR) is 55.6 cm³/mol. The fourth-order valence-electron chi connectivity index (χ4n) is 0.663. The van der Waals surface area contributed by atoms with Gasteiger partial charge >= 0.3 is 18.0 Å². The Labute approximate surface area is 102 Å². The molecule has 0 atom stereocenters. The predicted octanol–water partition coefficient (Wildman–Crippen LogP) is 1.23. The summed E-state index contributed by atoms with van der Waals surface area (Å²) in [6.45, 7) is 9.79. The Kier molecular flexibility index (Phi) is 5.33. The number of aromatic nitrogens is 3. The Morgan fingerprint density at radius 2 is 0.889 bits per heavy atom. The quantitative estimate of drug-likeness (QED) is 0.366. The van der Waals surface area contributed by atoms with Crippen molar-refractivity contribution in [2.45, 2.75) is 0 Å². The second-order valence-corrected chi connectivity index (χ2v) is 2.22. The molecular weight excluding hydrogens is 246 g/mol. The van der Waals surface area contributed by atoms with Crippen molar-refractivity contribution in [3.63, 3.8) is 0 Å². The van der Waals surface area contributed by atoms with Crippen molar-refractivity contribution in [2.75, 3.05) is 0 Å². The van der Waals surface area contributed by atoms with Crippen LogP contribution < -0.4 is 14.7 Å². The van der Waals surface area contributed by atoms with Gasteiger partial charge in [-0.15, -0.1) is 15.0 Å². The molecule has 9 nitrogen and oxygen atoms in total. The van der Waals surface area contributed by atoms with Gasteiger partial charge in [0.25, 0.3) is 0 Å². The Hall–Kier alpha value is -2.97. The minimum atomic E-state index is -0.268. The molecule has 0 aliphatic rings. The van der Waals surface area contributed by atoms with E-state index in [1.807, 2.05) is 0 Å². The van der Waals surface area contributed by atoms with Gasteiger partial charge in [0.2, 0.25) is 0 Å². The zero-order valence-corrected chi connectivity index (χ0v) is 9.14. The van der Waals surface area contributed by atoms with Gasteiger partial charge in [0.15, 0.2) is 0 Å². The Balaban J connectivity index is 2.83. The summed E-state index contributed by atoms with van der Waals surface area (Å²) in [6.07, 6.45) is 3.06. The molecule has 0 spiro atoms. The van der Waals surface area contributed by atoms with Crippen molar-refractivity contribution in [2.24, 2.45) is 0 Å². The molecule has 1 aromatic heterocycles. The van der Waals surface area contributed by atoms with Crippen LogP contribution in [0.4, 0.5) is 0 Å². The van der Waals surface area contributed by atoms with Crippen LogP contribution in [0.25, 0.3) is 0 Å². The van der Waals surface area contributed by atoms with Crippen LogP contribution in [-0.2, 0) is 14.7 Å². The largest absolute Gasteiger partial charge is 0.376 e. The molecule has 0 aliphatic carbocycles. The van der Waals surface area contributed by atoms with Crippen LogP contribution in [0.3, 0.4) is 0 Å². The van der Waals surface area contributed by atoms with Crippen LogP contribution in [-0.4, -0.2) is 15.0 Å². The number of hydrogen-bond acceptors (Lipinski definition) is 9. The van der Waals surface area contributed by atoms with Crippen molar-refractivity contribution in [3.8, 4) is 18.0 Å². The monoisotopic (exact) mass is 255 g/mol. The highest BCUT2D eigenvalue weighted by molar-refractivity contribution is 5.07. The molecule has 0 radical (unpaired) electrons. The summed E-state index contributed by atoms with van der Waals surface area (Å²) in [6, 6.07) is -0.805. The zero-order valence-electron chi connectivity index (χ0n) is 9.14. The molecular formula is C9H9N3O6. The Morgan fingerprint density at radius 3 is 1.11 bits per heavy atom. The van der Waals surface area contributed by atoms with E-state index in [0.717, 1.165) is 18.8 Å². The molecule has 0 fully saturated rings. The second kappa shape index (κ2) is 7.33. The van der Waals surface area contributed by atoms with Crippen LogP contribution in [0, 0.1) is 0 Å². The highest BCUT2D eigenvalue weighted by atomic mass is 17.2. The Morgan fingerprint density at radius 1 is 0.611 bits per heavy atom. The number of rotatable bonds is 9. The summed E-state index contributed by atoms with van der Waals surface area (Å²) in [4.78, 5) is 38.0. The molecule has 9 heteroatoms. The van der Waals surface area contributed by atoms with E-state index >= 15 is 0 Å². The van der Waals surface area contributed by atoms with Gasteiger partial charge in [0.1, 0.15) is 18.8 Å². The average molecular weight is 255 g/mol. The molecule has 0 bridgehead atoms. The van der Waals surface area contributed by atoms with Gasteiger partial charge in [-0.25, -0.2) is 14.7 Å². The maximum absolute atomic E-state index is 4.59. The highest BCUT2D eigenvalue weighted by Gasteiger charge is 2.12. The molecule has 0 aliphatic heterocycles. The van der Waals surface area contributed by atoms with Gasteiger partial charge in [0.05, 0.1) is 0 Å². The summed E-state index contributed by atoms with van der Waals surface area (Å²) in [5.41, 5.74) is 0. The van der Waals surface area contributed by atoms with Crippen molar-refractivity contribution in [3.05, 3.63) is 38.5 Å². The maximum atomic E-state index is 4.59. The SMILES string of the molecule is C=COOc1nc(OOC=C)nc(OOC=C)n1. The van der Waals surface area contributed by atoms with E-state index in [9.17, 15) is 0 Å². The summed E-state index contributed by atoms with van der Waals surface area (Å²) in [5.74, 6) is 0. The van der Waals surface area contributed by atoms with Crippen molar-refractivity contribution in [1.29, 1.82) is 0 Å². The topological polar surface area (TPSA) is 94.1 Å². The van der Waals surface area contributed by atoms with E-state index in [1.165, 1.54) is 0 Å². The van der Waals surface area contributed by atoms with Gasteiger partial charge in [-0.05, 0) is 0 Å². The smallest absolute Gasteiger partial charge is 0.295 e. The molecule has 1 heterocycles. The van der Waals surface area contributed by atoms with Crippen LogP contribution in [0.15, 0.2) is 38.5 Å². The normalized spacial score (nSPS) is 8.67. The molecule has 0 saturated heterocycles. The molecule has 18 heavy (non-hydrogen) atoms. The van der Waals surface area contributed by atoms with E-state index in [1.54, 1.807) is 0 Å². The molecule has 0 aromatic carbocycles. The molecule has 0 unspecified atom stereocenters. The maximum Gasteiger partial charge on any atom is 0.376 e. The van der Waals surface area contributed by atoms with E-state index in [4.69, 9.17) is 0 Å². The first kappa shape index (κ1) is 13.1. The third-order valence-corrected chi connectivity index (χ3v) is 1.15. The molecule has 1 aromatic rings. The van der Waals surface area contributed by atoms with Crippen molar-refractivity contribution < 1.29 is 29.3 Å². The summed E-state index contributed by atoms with van der Waals surface area (Å²) >= 11 is 0. The van der Waals surface area contributed by atoms with Gasteiger partial charge in [-0.1, -0.05) is 19.7 Å². The fraction of sp³-hybridized carbons (Fsp3) is 0. The van der Waals surface area contributed by atoms with Gasteiger partial charge in [-0.3, -0.25) is 14.7 Å². The lowest BCUT2D eigenvalue weighted by Crippen LogP contribution is -2.05. The molecule has 1 rings (SSSR count). The van der Waals surface area contributed by atoms with Gasteiger partial charge < -0.3 is 0 Å². The van der Waals surface area contributed by atoms with E-state index in [2.05, 4.69) is 64.0 Å². The second-order valence-electron chi connectivity index (χ2n) is 2.22. The molecule has 96 valence electrons. The summed E-state index contributed by atoms with van der Waals surface area (Å²) < 4.78 is 0. The number of hydrogen-bond donors (Lipinski definition) is 0. The first-order valence-corrected chi connectivity index (χ1v) is 4.39. The molecule has 0 amide bonds. The van der Waals surface area contributed by atoms with Gasteiger partial charge in [-0.2, -0.15) is 0 Å². The Bertz CT molecular complexity index is 351. The van der Waals surface area contributed by atoms with Crippen LogP contribution in [0.2, 0.25) is 0 Å². The lowest BCUT2D eigenvalue weighted by molar-refractivity contribution is -0.178. The average Bonchev–Trinajstić information content (AvgIpc) is 2.40. The molecule has 0 saturated carbocycles.